The van der Waals surface area contributed by atoms with Crippen LogP contribution in [0.15, 0.2) is 24.4 Å². The van der Waals surface area contributed by atoms with Crippen molar-refractivity contribution in [3.63, 3.8) is 0 Å². The molecular weight excluding hydrogens is 286 g/mol. The third kappa shape index (κ3) is 3.18. The fourth-order valence-electron chi connectivity index (χ4n) is 2.00. The molecule has 0 aliphatic rings. The molecule has 1 heterocycles. The van der Waals surface area contributed by atoms with Crippen molar-refractivity contribution in [3.05, 3.63) is 47.0 Å². The Balaban J connectivity index is 2.61. The van der Waals surface area contributed by atoms with Crippen LogP contribution in [0.2, 0.25) is 0 Å². The minimum absolute atomic E-state index is 0.177. The molecule has 112 valence electrons. The second-order valence-electron chi connectivity index (χ2n) is 4.71. The molecule has 1 aromatic heterocycles. The number of nitrogens with two attached hydrogens (primary N) is 1. The van der Waals surface area contributed by atoms with Gasteiger partial charge in [0.2, 0.25) is 0 Å². The topological polar surface area (TPSA) is 51.8 Å². The molecule has 0 spiro atoms. The molecule has 2 aromatic rings. The molecule has 3 nitrogen and oxygen atoms in total. The van der Waals surface area contributed by atoms with E-state index in [2.05, 4.69) is 9.97 Å². The van der Waals surface area contributed by atoms with E-state index in [0.29, 0.717) is 17.3 Å². The summed E-state index contributed by atoms with van der Waals surface area (Å²) in [7, 11) is 0. The van der Waals surface area contributed by atoms with Gasteiger partial charge in [0.1, 0.15) is 5.82 Å². The van der Waals surface area contributed by atoms with Crippen molar-refractivity contribution in [2.24, 2.45) is 5.73 Å². The first-order valence-corrected chi connectivity index (χ1v) is 6.16. The van der Waals surface area contributed by atoms with Crippen LogP contribution < -0.4 is 5.73 Å². The highest BCUT2D eigenvalue weighted by atomic mass is 19.4. The highest BCUT2D eigenvalue weighted by molar-refractivity contribution is 5.61. The summed E-state index contributed by atoms with van der Waals surface area (Å²) in [6.45, 7) is 3.34. The zero-order valence-corrected chi connectivity index (χ0v) is 11.4. The van der Waals surface area contributed by atoms with Crippen molar-refractivity contribution in [1.82, 2.24) is 9.97 Å². The van der Waals surface area contributed by atoms with E-state index >= 15 is 0 Å². The standard InChI is InChI=1S/C14H13F4N3/c1-7(19)11-6-20-13(21-8(11)2)10-5-9(15)3-4-12(10)14(16,17)18/h3-7H,19H2,1-2H3/t7-/m0/s1. The Morgan fingerprint density at radius 3 is 2.43 bits per heavy atom. The monoisotopic (exact) mass is 299 g/mol. The first-order valence-electron chi connectivity index (χ1n) is 6.16. The number of halogens is 4. The summed E-state index contributed by atoms with van der Waals surface area (Å²) in [5.74, 6) is -0.959. The van der Waals surface area contributed by atoms with Gasteiger partial charge in [0.25, 0.3) is 0 Å². The number of hydrogen-bond donors (Lipinski definition) is 1. The molecular formula is C14H13F4N3. The summed E-state index contributed by atoms with van der Waals surface area (Å²) < 4.78 is 52.2. The number of benzene rings is 1. The molecule has 0 amide bonds. The van der Waals surface area contributed by atoms with Gasteiger partial charge < -0.3 is 5.73 Å². The fraction of sp³-hybridized carbons (Fsp3) is 0.286. The highest BCUT2D eigenvalue weighted by Gasteiger charge is 2.34. The Morgan fingerprint density at radius 2 is 1.90 bits per heavy atom. The molecule has 1 aromatic carbocycles. The van der Waals surface area contributed by atoms with Crippen molar-refractivity contribution in [1.29, 1.82) is 0 Å². The lowest BCUT2D eigenvalue weighted by atomic mass is 10.0. The van der Waals surface area contributed by atoms with Crippen LogP contribution in [-0.4, -0.2) is 9.97 Å². The normalized spacial score (nSPS) is 13.3. The first-order chi connectivity index (χ1) is 9.70. The van der Waals surface area contributed by atoms with Crippen LogP contribution in [0.1, 0.15) is 29.8 Å². The van der Waals surface area contributed by atoms with Gasteiger partial charge in [0, 0.05) is 29.1 Å². The predicted molar refractivity (Wildman–Crippen MR) is 69.8 cm³/mol. The molecule has 2 rings (SSSR count). The number of aromatic nitrogens is 2. The van der Waals surface area contributed by atoms with Crippen LogP contribution in [0.4, 0.5) is 17.6 Å². The van der Waals surface area contributed by atoms with Crippen LogP contribution in [0, 0.1) is 12.7 Å². The SMILES string of the molecule is Cc1nc(-c2cc(F)ccc2C(F)(F)F)ncc1[C@H](C)N. The van der Waals surface area contributed by atoms with Gasteiger partial charge in [0.05, 0.1) is 5.56 Å². The van der Waals surface area contributed by atoms with Gasteiger partial charge in [-0.25, -0.2) is 14.4 Å². The van der Waals surface area contributed by atoms with E-state index in [1.54, 1.807) is 13.8 Å². The van der Waals surface area contributed by atoms with Gasteiger partial charge in [-0.05, 0) is 32.0 Å². The smallest absolute Gasteiger partial charge is 0.324 e. The third-order valence-corrected chi connectivity index (χ3v) is 3.04. The Labute approximate surface area is 118 Å². The Morgan fingerprint density at radius 1 is 1.24 bits per heavy atom. The predicted octanol–water partition coefficient (Wildman–Crippen LogP) is 3.63. The van der Waals surface area contributed by atoms with E-state index in [-0.39, 0.29) is 17.4 Å². The summed E-state index contributed by atoms with van der Waals surface area (Å²) in [5, 5.41) is 0. The molecule has 7 heteroatoms. The minimum Gasteiger partial charge on any atom is -0.324 e. The first kappa shape index (κ1) is 15.4. The number of hydrogen-bond acceptors (Lipinski definition) is 3. The van der Waals surface area contributed by atoms with E-state index in [4.69, 9.17) is 5.73 Å². The lowest BCUT2D eigenvalue weighted by Gasteiger charge is -2.14. The summed E-state index contributed by atoms with van der Waals surface area (Å²) in [4.78, 5) is 7.91. The maximum absolute atomic E-state index is 13.3. The highest BCUT2D eigenvalue weighted by Crippen LogP contribution is 2.36. The van der Waals surface area contributed by atoms with Crippen molar-refractivity contribution in [2.75, 3.05) is 0 Å². The van der Waals surface area contributed by atoms with Gasteiger partial charge in [-0.2, -0.15) is 13.2 Å². The molecule has 0 fully saturated rings. The average Bonchev–Trinajstić information content (AvgIpc) is 2.36. The number of nitrogens with zero attached hydrogens (tertiary/aromatic N) is 2. The number of rotatable bonds is 2. The Hall–Kier alpha value is -2.02. The molecule has 0 saturated heterocycles. The van der Waals surface area contributed by atoms with E-state index in [1.807, 2.05) is 0 Å². The zero-order valence-electron chi connectivity index (χ0n) is 11.4. The lowest BCUT2D eigenvalue weighted by Crippen LogP contribution is -2.11. The molecule has 0 bridgehead atoms. The van der Waals surface area contributed by atoms with Crippen molar-refractivity contribution in [3.8, 4) is 11.4 Å². The van der Waals surface area contributed by atoms with Crippen molar-refractivity contribution in [2.45, 2.75) is 26.1 Å². The quantitative estimate of drug-likeness (QED) is 0.862. The van der Waals surface area contributed by atoms with Crippen LogP contribution in [0.3, 0.4) is 0 Å². The third-order valence-electron chi connectivity index (χ3n) is 3.04. The molecule has 0 aliphatic carbocycles. The minimum atomic E-state index is -4.61. The average molecular weight is 299 g/mol. The maximum atomic E-state index is 13.3. The molecule has 1 atom stereocenters. The largest absolute Gasteiger partial charge is 0.417 e. The fourth-order valence-corrected chi connectivity index (χ4v) is 2.00. The molecule has 21 heavy (non-hydrogen) atoms. The lowest BCUT2D eigenvalue weighted by molar-refractivity contribution is -0.137. The van der Waals surface area contributed by atoms with Gasteiger partial charge in [-0.1, -0.05) is 0 Å². The molecule has 0 radical (unpaired) electrons. The number of aryl methyl sites for hydroxylation is 1. The molecule has 0 unspecified atom stereocenters. The summed E-state index contributed by atoms with van der Waals surface area (Å²) in [6, 6.07) is 1.88. The van der Waals surface area contributed by atoms with Crippen LogP contribution in [0.5, 0.6) is 0 Å². The van der Waals surface area contributed by atoms with Crippen LogP contribution in [-0.2, 0) is 6.18 Å². The number of alkyl halides is 3. The van der Waals surface area contributed by atoms with E-state index < -0.39 is 17.6 Å². The Bertz CT molecular complexity index is 666. The van der Waals surface area contributed by atoms with E-state index in [0.717, 1.165) is 12.1 Å². The van der Waals surface area contributed by atoms with Gasteiger partial charge in [-0.3, -0.25) is 0 Å². The Kier molecular flexibility index (Phi) is 3.95. The van der Waals surface area contributed by atoms with Crippen LogP contribution in [0.25, 0.3) is 11.4 Å². The van der Waals surface area contributed by atoms with Gasteiger partial charge in [-0.15, -0.1) is 0 Å². The van der Waals surface area contributed by atoms with Crippen LogP contribution >= 0.6 is 0 Å². The van der Waals surface area contributed by atoms with E-state index in [1.165, 1.54) is 6.20 Å². The van der Waals surface area contributed by atoms with E-state index in [9.17, 15) is 17.6 Å². The molecule has 0 aliphatic heterocycles. The summed E-state index contributed by atoms with van der Waals surface area (Å²) >= 11 is 0. The summed E-state index contributed by atoms with van der Waals surface area (Å²) in [5.41, 5.74) is 5.44. The molecule has 2 N–H and O–H groups in total. The maximum Gasteiger partial charge on any atom is 0.417 e. The zero-order chi connectivity index (χ0) is 15.8. The van der Waals surface area contributed by atoms with Crippen molar-refractivity contribution < 1.29 is 17.6 Å². The van der Waals surface area contributed by atoms with Gasteiger partial charge in [0.15, 0.2) is 5.82 Å². The molecule has 0 saturated carbocycles. The van der Waals surface area contributed by atoms with Crippen molar-refractivity contribution >= 4 is 0 Å². The van der Waals surface area contributed by atoms with Gasteiger partial charge >= 0.3 is 6.18 Å². The second kappa shape index (κ2) is 5.40. The second-order valence-corrected chi connectivity index (χ2v) is 4.71. The summed E-state index contributed by atoms with van der Waals surface area (Å²) in [6.07, 6.45) is -3.24.